The molecule has 1 aromatic heterocycles. The van der Waals surface area contributed by atoms with E-state index in [0.29, 0.717) is 5.69 Å². The Morgan fingerprint density at radius 2 is 2.00 bits per heavy atom. The first-order valence-corrected chi connectivity index (χ1v) is 6.42. The monoisotopic (exact) mass is 363 g/mol. The number of halogens is 4. The molecule has 112 valence electrons. The van der Waals surface area contributed by atoms with Gasteiger partial charge in [0, 0.05) is 12.7 Å². The van der Waals surface area contributed by atoms with Gasteiger partial charge in [0.2, 0.25) is 0 Å². The van der Waals surface area contributed by atoms with E-state index in [2.05, 4.69) is 30.6 Å². The van der Waals surface area contributed by atoms with Crippen LogP contribution in [-0.4, -0.2) is 16.3 Å². The second kappa shape index (κ2) is 6.27. The Morgan fingerprint density at radius 1 is 1.24 bits per heavy atom. The van der Waals surface area contributed by atoms with Crippen LogP contribution in [0.4, 0.5) is 13.2 Å². The third-order valence-electron chi connectivity index (χ3n) is 2.24. The third-order valence-corrected chi connectivity index (χ3v) is 2.86. The lowest BCUT2D eigenvalue weighted by molar-refractivity contribution is -0.274. The van der Waals surface area contributed by atoms with Crippen LogP contribution in [0.1, 0.15) is 5.69 Å². The Morgan fingerprint density at radius 3 is 2.62 bits per heavy atom. The van der Waals surface area contributed by atoms with Gasteiger partial charge in [-0.25, -0.2) is 4.98 Å². The molecule has 0 amide bonds. The Balaban J connectivity index is 2.16. The van der Waals surface area contributed by atoms with Crippen LogP contribution in [-0.2, 0) is 6.54 Å². The van der Waals surface area contributed by atoms with Gasteiger partial charge in [-0.2, -0.15) is 4.98 Å². The van der Waals surface area contributed by atoms with Crippen molar-refractivity contribution in [2.24, 2.45) is 5.73 Å². The van der Waals surface area contributed by atoms with Gasteiger partial charge in [0.15, 0.2) is 0 Å². The molecular weight excluding hydrogens is 355 g/mol. The lowest BCUT2D eigenvalue weighted by atomic mass is 10.3. The minimum absolute atomic E-state index is 0.0503. The zero-order valence-corrected chi connectivity index (χ0v) is 12.0. The zero-order valence-electron chi connectivity index (χ0n) is 10.4. The van der Waals surface area contributed by atoms with Crippen LogP contribution in [0.2, 0.25) is 0 Å². The van der Waals surface area contributed by atoms with E-state index in [0.717, 1.165) is 6.07 Å². The highest BCUT2D eigenvalue weighted by Gasteiger charge is 2.32. The fraction of sp³-hybridized carbons (Fsp3) is 0.167. The molecule has 0 atom stereocenters. The highest BCUT2D eigenvalue weighted by molar-refractivity contribution is 9.10. The molecule has 0 unspecified atom stereocenters. The summed E-state index contributed by atoms with van der Waals surface area (Å²) in [5.74, 6) is -0.114. The summed E-state index contributed by atoms with van der Waals surface area (Å²) in [4.78, 5) is 7.89. The number of ether oxygens (including phenoxy) is 2. The van der Waals surface area contributed by atoms with Crippen LogP contribution < -0.4 is 15.2 Å². The van der Waals surface area contributed by atoms with Gasteiger partial charge >= 0.3 is 12.4 Å². The summed E-state index contributed by atoms with van der Waals surface area (Å²) in [7, 11) is 0. The maximum Gasteiger partial charge on any atom is 0.573 e. The van der Waals surface area contributed by atoms with Crippen molar-refractivity contribution < 1.29 is 22.6 Å². The predicted molar refractivity (Wildman–Crippen MR) is 70.8 cm³/mol. The Hall–Kier alpha value is -1.87. The molecule has 0 spiro atoms. The largest absolute Gasteiger partial charge is 0.573 e. The summed E-state index contributed by atoms with van der Waals surface area (Å²) >= 11 is 2.98. The van der Waals surface area contributed by atoms with Gasteiger partial charge in [0.05, 0.1) is 10.2 Å². The summed E-state index contributed by atoms with van der Waals surface area (Å²) < 4.78 is 45.7. The standard InChI is InChI=1S/C12H9BrF3N3O2/c13-9-5-8(1-2-10(9)21-12(14,15)16)20-11-18-4-3-7(6-17)19-11/h1-5H,6,17H2. The molecular formula is C12H9BrF3N3O2. The molecule has 2 rings (SSSR count). The average molecular weight is 364 g/mol. The minimum Gasteiger partial charge on any atom is -0.424 e. The molecule has 1 aromatic carbocycles. The summed E-state index contributed by atoms with van der Waals surface area (Å²) in [6.07, 6.45) is -3.29. The van der Waals surface area contributed by atoms with Crippen molar-refractivity contribution in [3.05, 3.63) is 40.6 Å². The van der Waals surface area contributed by atoms with Crippen molar-refractivity contribution in [3.8, 4) is 17.5 Å². The number of benzene rings is 1. The summed E-state index contributed by atoms with van der Waals surface area (Å²) in [6, 6.07) is 5.43. The van der Waals surface area contributed by atoms with E-state index in [1.54, 1.807) is 6.07 Å². The van der Waals surface area contributed by atoms with E-state index in [9.17, 15) is 13.2 Å². The predicted octanol–water partition coefficient (Wildman–Crippen LogP) is 3.39. The van der Waals surface area contributed by atoms with Gasteiger partial charge in [-0.1, -0.05) is 0 Å². The van der Waals surface area contributed by atoms with Crippen molar-refractivity contribution in [2.45, 2.75) is 12.9 Å². The smallest absolute Gasteiger partial charge is 0.424 e. The van der Waals surface area contributed by atoms with Gasteiger partial charge in [-0.3, -0.25) is 0 Å². The first-order valence-electron chi connectivity index (χ1n) is 5.62. The second-order valence-electron chi connectivity index (χ2n) is 3.78. The Kier molecular flexibility index (Phi) is 4.63. The van der Waals surface area contributed by atoms with E-state index < -0.39 is 6.36 Å². The van der Waals surface area contributed by atoms with Gasteiger partial charge < -0.3 is 15.2 Å². The lowest BCUT2D eigenvalue weighted by Crippen LogP contribution is -2.17. The molecule has 0 saturated heterocycles. The summed E-state index contributed by atoms with van der Waals surface area (Å²) in [5, 5.41) is 0. The van der Waals surface area contributed by atoms with Gasteiger partial charge in [-0.15, -0.1) is 13.2 Å². The van der Waals surface area contributed by atoms with E-state index in [1.165, 1.54) is 18.3 Å². The highest BCUT2D eigenvalue weighted by Crippen LogP contribution is 2.34. The number of rotatable bonds is 4. The zero-order chi connectivity index (χ0) is 15.5. The van der Waals surface area contributed by atoms with E-state index in [-0.39, 0.29) is 28.5 Å². The van der Waals surface area contributed by atoms with Crippen molar-refractivity contribution in [2.75, 3.05) is 0 Å². The van der Waals surface area contributed by atoms with Crippen LogP contribution in [0.3, 0.4) is 0 Å². The van der Waals surface area contributed by atoms with E-state index >= 15 is 0 Å². The Labute approximate surface area is 126 Å². The first-order chi connectivity index (χ1) is 9.87. The molecule has 0 bridgehead atoms. The molecule has 2 N–H and O–H groups in total. The molecule has 0 aliphatic heterocycles. The van der Waals surface area contributed by atoms with Gasteiger partial charge in [0.1, 0.15) is 11.5 Å². The number of hydrogen-bond donors (Lipinski definition) is 1. The quantitative estimate of drug-likeness (QED) is 0.901. The van der Waals surface area contributed by atoms with E-state index in [4.69, 9.17) is 10.5 Å². The molecule has 0 saturated carbocycles. The average Bonchev–Trinajstić information content (AvgIpc) is 2.41. The number of hydrogen-bond acceptors (Lipinski definition) is 5. The maximum atomic E-state index is 12.1. The van der Waals surface area contributed by atoms with Crippen LogP contribution in [0.25, 0.3) is 0 Å². The number of aromatic nitrogens is 2. The SMILES string of the molecule is NCc1ccnc(Oc2ccc(OC(F)(F)F)c(Br)c2)n1. The van der Waals surface area contributed by atoms with Crippen LogP contribution in [0, 0.1) is 0 Å². The topological polar surface area (TPSA) is 70.3 Å². The fourth-order valence-corrected chi connectivity index (χ4v) is 1.84. The summed E-state index contributed by atoms with van der Waals surface area (Å²) in [5.41, 5.74) is 6.02. The van der Waals surface area contributed by atoms with E-state index in [1.807, 2.05) is 0 Å². The van der Waals surface area contributed by atoms with Crippen LogP contribution in [0.15, 0.2) is 34.9 Å². The van der Waals surface area contributed by atoms with Crippen molar-refractivity contribution >= 4 is 15.9 Å². The molecule has 0 aliphatic carbocycles. The number of nitrogens with two attached hydrogens (primary N) is 1. The van der Waals surface area contributed by atoms with Crippen molar-refractivity contribution in [3.63, 3.8) is 0 Å². The molecule has 2 aromatic rings. The van der Waals surface area contributed by atoms with Gasteiger partial charge in [-0.05, 0) is 40.2 Å². The van der Waals surface area contributed by atoms with Crippen molar-refractivity contribution in [1.82, 2.24) is 9.97 Å². The minimum atomic E-state index is -4.76. The molecule has 0 fully saturated rings. The van der Waals surface area contributed by atoms with Crippen LogP contribution >= 0.6 is 15.9 Å². The molecule has 0 radical (unpaired) electrons. The van der Waals surface area contributed by atoms with Crippen molar-refractivity contribution in [1.29, 1.82) is 0 Å². The fourth-order valence-electron chi connectivity index (χ4n) is 1.40. The maximum absolute atomic E-state index is 12.1. The van der Waals surface area contributed by atoms with Gasteiger partial charge in [0.25, 0.3) is 0 Å². The summed E-state index contributed by atoms with van der Waals surface area (Å²) in [6.45, 7) is 0.223. The molecule has 5 nitrogen and oxygen atoms in total. The number of nitrogens with zero attached hydrogens (tertiary/aromatic N) is 2. The second-order valence-corrected chi connectivity index (χ2v) is 4.63. The molecule has 9 heteroatoms. The highest BCUT2D eigenvalue weighted by atomic mass is 79.9. The Bertz CT molecular complexity index is 637. The normalized spacial score (nSPS) is 11.3. The first kappa shape index (κ1) is 15.5. The van der Waals surface area contributed by atoms with Crippen LogP contribution in [0.5, 0.6) is 17.5 Å². The molecule has 1 heterocycles. The molecule has 0 aliphatic rings. The molecule has 21 heavy (non-hydrogen) atoms. The number of alkyl halides is 3. The lowest BCUT2D eigenvalue weighted by Gasteiger charge is -2.11. The third kappa shape index (κ3) is 4.57.